The second-order valence-corrected chi connectivity index (χ2v) is 4.09. The lowest BCUT2D eigenvalue weighted by Gasteiger charge is -2.14. The molecular weight excluding hydrogens is 214 g/mol. The number of carbonyl (C=O) groups excluding carboxylic acids is 1. The van der Waals surface area contributed by atoms with Crippen LogP contribution in [-0.4, -0.2) is 19.1 Å². The van der Waals surface area contributed by atoms with E-state index in [0.717, 1.165) is 24.9 Å². The van der Waals surface area contributed by atoms with E-state index in [0.29, 0.717) is 11.6 Å². The van der Waals surface area contributed by atoms with Gasteiger partial charge in [0.15, 0.2) is 0 Å². The van der Waals surface area contributed by atoms with Crippen molar-refractivity contribution in [2.24, 2.45) is 0 Å². The van der Waals surface area contributed by atoms with Crippen molar-refractivity contribution in [2.45, 2.75) is 39.3 Å². The first kappa shape index (κ1) is 13.7. The molecule has 1 aromatic carbocycles. The van der Waals surface area contributed by atoms with Crippen LogP contribution in [0, 0.1) is 0 Å². The van der Waals surface area contributed by atoms with Gasteiger partial charge in [0.1, 0.15) is 0 Å². The third-order valence-corrected chi connectivity index (χ3v) is 2.93. The zero-order valence-corrected chi connectivity index (χ0v) is 10.8. The lowest BCUT2D eigenvalue weighted by molar-refractivity contribution is 0.0600. The van der Waals surface area contributed by atoms with E-state index in [-0.39, 0.29) is 5.97 Å². The molecule has 0 heterocycles. The Bertz CT molecular complexity index is 359. The van der Waals surface area contributed by atoms with Crippen molar-refractivity contribution in [3.05, 3.63) is 35.4 Å². The summed E-state index contributed by atoms with van der Waals surface area (Å²) in [5.41, 5.74) is 1.72. The van der Waals surface area contributed by atoms with Gasteiger partial charge in [0.05, 0.1) is 12.7 Å². The molecule has 94 valence electrons. The second kappa shape index (κ2) is 7.07. The van der Waals surface area contributed by atoms with Crippen LogP contribution in [0.25, 0.3) is 0 Å². The molecule has 1 N–H and O–H groups in total. The van der Waals surface area contributed by atoms with E-state index in [1.54, 1.807) is 6.07 Å². The van der Waals surface area contributed by atoms with Gasteiger partial charge < -0.3 is 10.1 Å². The van der Waals surface area contributed by atoms with E-state index >= 15 is 0 Å². The number of hydrogen-bond donors (Lipinski definition) is 1. The summed E-state index contributed by atoms with van der Waals surface area (Å²) in [5, 5.41) is 3.47. The minimum Gasteiger partial charge on any atom is -0.465 e. The molecule has 0 aromatic heterocycles. The van der Waals surface area contributed by atoms with Crippen molar-refractivity contribution < 1.29 is 9.53 Å². The number of carbonyl (C=O) groups is 1. The van der Waals surface area contributed by atoms with Crippen molar-refractivity contribution in [1.29, 1.82) is 0 Å². The van der Waals surface area contributed by atoms with E-state index < -0.39 is 0 Å². The highest BCUT2D eigenvalue weighted by Crippen LogP contribution is 2.07. The van der Waals surface area contributed by atoms with Gasteiger partial charge in [0.25, 0.3) is 0 Å². The summed E-state index contributed by atoms with van der Waals surface area (Å²) in [6.45, 7) is 5.13. The minimum atomic E-state index is -0.283. The fraction of sp³-hybridized carbons (Fsp3) is 0.500. The maximum atomic E-state index is 11.4. The zero-order valence-electron chi connectivity index (χ0n) is 10.8. The van der Waals surface area contributed by atoms with Crippen LogP contribution in [0.5, 0.6) is 0 Å². The standard InChI is InChI=1S/C14H21NO2/c1-4-13(5-2)15-10-11-7-6-8-12(9-11)14(16)17-3/h6-9,13,15H,4-5,10H2,1-3H3. The fourth-order valence-corrected chi connectivity index (χ4v) is 1.77. The lowest BCUT2D eigenvalue weighted by atomic mass is 10.1. The maximum Gasteiger partial charge on any atom is 0.337 e. The molecule has 3 heteroatoms. The number of benzene rings is 1. The topological polar surface area (TPSA) is 38.3 Å². The average molecular weight is 235 g/mol. The highest BCUT2D eigenvalue weighted by atomic mass is 16.5. The van der Waals surface area contributed by atoms with E-state index in [1.165, 1.54) is 7.11 Å². The Morgan fingerprint density at radius 2 is 2.06 bits per heavy atom. The van der Waals surface area contributed by atoms with Crippen LogP contribution in [0.15, 0.2) is 24.3 Å². The molecule has 0 aliphatic heterocycles. The van der Waals surface area contributed by atoms with Gasteiger partial charge in [0.2, 0.25) is 0 Å². The van der Waals surface area contributed by atoms with Crippen molar-refractivity contribution in [3.63, 3.8) is 0 Å². The molecule has 0 radical (unpaired) electrons. The summed E-state index contributed by atoms with van der Waals surface area (Å²) in [5.74, 6) is -0.283. The molecule has 0 atom stereocenters. The molecular formula is C14H21NO2. The Morgan fingerprint density at radius 1 is 1.35 bits per heavy atom. The summed E-state index contributed by atoms with van der Waals surface area (Å²) in [4.78, 5) is 11.4. The maximum absolute atomic E-state index is 11.4. The van der Waals surface area contributed by atoms with Crippen LogP contribution >= 0.6 is 0 Å². The largest absolute Gasteiger partial charge is 0.465 e. The van der Waals surface area contributed by atoms with Gasteiger partial charge in [-0.15, -0.1) is 0 Å². The molecule has 1 aromatic rings. The molecule has 0 saturated carbocycles. The highest BCUT2D eigenvalue weighted by molar-refractivity contribution is 5.89. The molecule has 17 heavy (non-hydrogen) atoms. The van der Waals surface area contributed by atoms with Crippen LogP contribution in [-0.2, 0) is 11.3 Å². The average Bonchev–Trinajstić information content (AvgIpc) is 2.39. The van der Waals surface area contributed by atoms with E-state index in [9.17, 15) is 4.79 Å². The van der Waals surface area contributed by atoms with Gasteiger partial charge in [-0.1, -0.05) is 26.0 Å². The summed E-state index contributed by atoms with van der Waals surface area (Å²) in [7, 11) is 1.40. The summed E-state index contributed by atoms with van der Waals surface area (Å²) in [6.07, 6.45) is 2.24. The number of rotatable bonds is 6. The van der Waals surface area contributed by atoms with Crippen LogP contribution in [0.2, 0.25) is 0 Å². The number of methoxy groups -OCH3 is 1. The monoisotopic (exact) mass is 235 g/mol. The zero-order chi connectivity index (χ0) is 12.7. The Hall–Kier alpha value is -1.35. The van der Waals surface area contributed by atoms with Gasteiger partial charge in [-0.3, -0.25) is 0 Å². The van der Waals surface area contributed by atoms with Crippen LogP contribution in [0.1, 0.15) is 42.6 Å². The fourth-order valence-electron chi connectivity index (χ4n) is 1.77. The predicted molar refractivity (Wildman–Crippen MR) is 69.0 cm³/mol. The molecule has 0 aliphatic carbocycles. The van der Waals surface area contributed by atoms with Crippen molar-refractivity contribution in [2.75, 3.05) is 7.11 Å². The van der Waals surface area contributed by atoms with Gasteiger partial charge >= 0.3 is 5.97 Å². The molecule has 0 saturated heterocycles. The van der Waals surface area contributed by atoms with E-state index in [4.69, 9.17) is 4.74 Å². The Balaban J connectivity index is 2.62. The molecule has 0 fully saturated rings. The first-order valence-electron chi connectivity index (χ1n) is 6.11. The Morgan fingerprint density at radius 3 is 2.65 bits per heavy atom. The van der Waals surface area contributed by atoms with Crippen molar-refractivity contribution in [3.8, 4) is 0 Å². The van der Waals surface area contributed by atoms with Gasteiger partial charge in [-0.2, -0.15) is 0 Å². The lowest BCUT2D eigenvalue weighted by Crippen LogP contribution is -2.27. The molecule has 0 aliphatic rings. The normalized spacial score (nSPS) is 10.6. The predicted octanol–water partition coefficient (Wildman–Crippen LogP) is 2.75. The van der Waals surface area contributed by atoms with Crippen LogP contribution in [0.3, 0.4) is 0 Å². The number of esters is 1. The van der Waals surface area contributed by atoms with Crippen LogP contribution in [0.4, 0.5) is 0 Å². The van der Waals surface area contributed by atoms with Crippen LogP contribution < -0.4 is 5.32 Å². The third kappa shape index (κ3) is 4.19. The molecule has 0 spiro atoms. The summed E-state index contributed by atoms with van der Waals surface area (Å²) in [6, 6.07) is 8.09. The first-order valence-corrected chi connectivity index (χ1v) is 6.11. The summed E-state index contributed by atoms with van der Waals surface area (Å²) >= 11 is 0. The molecule has 1 rings (SSSR count). The van der Waals surface area contributed by atoms with Crippen molar-refractivity contribution in [1.82, 2.24) is 5.32 Å². The third-order valence-electron chi connectivity index (χ3n) is 2.93. The molecule has 0 bridgehead atoms. The van der Waals surface area contributed by atoms with E-state index in [1.807, 2.05) is 18.2 Å². The number of nitrogens with one attached hydrogen (secondary N) is 1. The molecule has 0 unspecified atom stereocenters. The quantitative estimate of drug-likeness (QED) is 0.770. The Labute approximate surface area is 103 Å². The second-order valence-electron chi connectivity index (χ2n) is 4.09. The SMILES string of the molecule is CCC(CC)NCc1cccc(C(=O)OC)c1. The minimum absolute atomic E-state index is 0.283. The van der Waals surface area contributed by atoms with Gasteiger partial charge in [-0.05, 0) is 30.5 Å². The highest BCUT2D eigenvalue weighted by Gasteiger charge is 2.06. The molecule has 0 amide bonds. The summed E-state index contributed by atoms with van der Waals surface area (Å²) < 4.78 is 4.70. The van der Waals surface area contributed by atoms with E-state index in [2.05, 4.69) is 19.2 Å². The number of hydrogen-bond acceptors (Lipinski definition) is 3. The van der Waals surface area contributed by atoms with Crippen molar-refractivity contribution >= 4 is 5.97 Å². The molecule has 3 nitrogen and oxygen atoms in total. The van der Waals surface area contributed by atoms with Gasteiger partial charge in [-0.25, -0.2) is 4.79 Å². The first-order chi connectivity index (χ1) is 8.21. The number of ether oxygens (including phenoxy) is 1. The smallest absolute Gasteiger partial charge is 0.337 e. The van der Waals surface area contributed by atoms with Gasteiger partial charge in [0, 0.05) is 12.6 Å². The Kier molecular flexibility index (Phi) is 5.70.